The van der Waals surface area contributed by atoms with Crippen molar-refractivity contribution in [2.24, 2.45) is 7.05 Å². The summed E-state index contributed by atoms with van der Waals surface area (Å²) in [6.07, 6.45) is 4.99. The van der Waals surface area contributed by atoms with Crippen LogP contribution in [0.25, 0.3) is 0 Å². The molecule has 0 amide bonds. The quantitative estimate of drug-likeness (QED) is 0.920. The Morgan fingerprint density at radius 3 is 2.67 bits per heavy atom. The van der Waals surface area contributed by atoms with Crippen molar-refractivity contribution in [1.82, 2.24) is 15.1 Å². The molecule has 96 valence electrons. The lowest BCUT2D eigenvalue weighted by Gasteiger charge is -2.13. The number of rotatable bonds is 5. The maximum Gasteiger partial charge on any atom is 0.0522 e. The maximum atomic E-state index is 4.17. The van der Waals surface area contributed by atoms with E-state index in [1.807, 2.05) is 17.9 Å². The van der Waals surface area contributed by atoms with Crippen molar-refractivity contribution in [3.63, 3.8) is 0 Å². The standard InChI is InChI=1S/C14H18BrN3/c1-11(13-3-5-14(15)6-4-13)16-8-7-12-9-17-18(2)10-12/h3-6,9-11,16H,7-8H2,1-2H3/t11-/m0/s1. The van der Waals surface area contributed by atoms with Gasteiger partial charge in [-0.1, -0.05) is 28.1 Å². The number of aromatic nitrogens is 2. The molecule has 1 aromatic heterocycles. The van der Waals surface area contributed by atoms with Crippen molar-refractivity contribution in [1.29, 1.82) is 0 Å². The van der Waals surface area contributed by atoms with Crippen LogP contribution in [0.2, 0.25) is 0 Å². The summed E-state index contributed by atoms with van der Waals surface area (Å²) in [4.78, 5) is 0. The molecule has 0 aliphatic carbocycles. The molecule has 0 fully saturated rings. The predicted molar refractivity (Wildman–Crippen MR) is 77.5 cm³/mol. The minimum atomic E-state index is 0.370. The second kappa shape index (κ2) is 6.16. The van der Waals surface area contributed by atoms with Crippen molar-refractivity contribution in [3.05, 3.63) is 52.3 Å². The molecule has 0 aliphatic rings. The summed E-state index contributed by atoms with van der Waals surface area (Å²) < 4.78 is 2.96. The SMILES string of the molecule is C[C@H](NCCc1cnn(C)c1)c1ccc(Br)cc1. The molecule has 1 aromatic carbocycles. The van der Waals surface area contributed by atoms with Crippen molar-refractivity contribution >= 4 is 15.9 Å². The summed E-state index contributed by atoms with van der Waals surface area (Å²) in [5.74, 6) is 0. The fourth-order valence-corrected chi connectivity index (χ4v) is 2.17. The topological polar surface area (TPSA) is 29.9 Å². The second-order valence-electron chi connectivity index (χ2n) is 4.50. The number of halogens is 1. The highest BCUT2D eigenvalue weighted by molar-refractivity contribution is 9.10. The summed E-state index contributed by atoms with van der Waals surface area (Å²) in [5.41, 5.74) is 2.58. The van der Waals surface area contributed by atoms with E-state index in [9.17, 15) is 0 Å². The molecular formula is C14H18BrN3. The number of benzene rings is 1. The van der Waals surface area contributed by atoms with Crippen LogP contribution in [-0.2, 0) is 13.5 Å². The van der Waals surface area contributed by atoms with Crippen LogP contribution in [0, 0.1) is 0 Å². The van der Waals surface area contributed by atoms with Crippen molar-refractivity contribution < 1.29 is 0 Å². The number of hydrogen-bond acceptors (Lipinski definition) is 2. The van der Waals surface area contributed by atoms with Gasteiger partial charge >= 0.3 is 0 Å². The first-order valence-corrected chi connectivity index (χ1v) is 6.91. The number of nitrogens with zero attached hydrogens (tertiary/aromatic N) is 2. The third-order valence-corrected chi connectivity index (χ3v) is 3.52. The smallest absolute Gasteiger partial charge is 0.0522 e. The van der Waals surface area contributed by atoms with Crippen LogP contribution in [-0.4, -0.2) is 16.3 Å². The first kappa shape index (κ1) is 13.3. The third-order valence-electron chi connectivity index (χ3n) is 2.99. The van der Waals surface area contributed by atoms with E-state index in [4.69, 9.17) is 0 Å². The number of hydrogen-bond donors (Lipinski definition) is 1. The number of aryl methyl sites for hydroxylation is 1. The molecule has 1 heterocycles. The summed E-state index contributed by atoms with van der Waals surface area (Å²) in [7, 11) is 1.95. The zero-order valence-corrected chi connectivity index (χ0v) is 12.3. The van der Waals surface area contributed by atoms with Gasteiger partial charge in [0, 0.05) is 23.8 Å². The van der Waals surface area contributed by atoms with Gasteiger partial charge in [-0.05, 0) is 43.1 Å². The molecule has 2 aromatic rings. The fourth-order valence-electron chi connectivity index (χ4n) is 1.90. The molecule has 18 heavy (non-hydrogen) atoms. The third kappa shape index (κ3) is 3.68. The molecule has 1 atom stereocenters. The van der Waals surface area contributed by atoms with Crippen molar-refractivity contribution in [2.75, 3.05) is 6.54 Å². The first-order chi connectivity index (χ1) is 8.65. The molecule has 3 nitrogen and oxygen atoms in total. The summed E-state index contributed by atoms with van der Waals surface area (Å²) >= 11 is 3.45. The van der Waals surface area contributed by atoms with Crippen LogP contribution in [0.4, 0.5) is 0 Å². The largest absolute Gasteiger partial charge is 0.310 e. The average molecular weight is 308 g/mol. The maximum absolute atomic E-state index is 4.17. The Hall–Kier alpha value is -1.13. The van der Waals surface area contributed by atoms with E-state index < -0.39 is 0 Å². The molecular weight excluding hydrogens is 290 g/mol. The fraction of sp³-hybridized carbons (Fsp3) is 0.357. The lowest BCUT2D eigenvalue weighted by atomic mass is 10.1. The lowest BCUT2D eigenvalue weighted by molar-refractivity contribution is 0.576. The van der Waals surface area contributed by atoms with Gasteiger partial charge in [-0.2, -0.15) is 5.10 Å². The Labute approximate surface area is 116 Å². The van der Waals surface area contributed by atoms with E-state index in [0.29, 0.717) is 6.04 Å². The van der Waals surface area contributed by atoms with Gasteiger partial charge in [0.2, 0.25) is 0 Å². The van der Waals surface area contributed by atoms with Gasteiger partial charge in [-0.15, -0.1) is 0 Å². The van der Waals surface area contributed by atoms with Gasteiger partial charge in [0.1, 0.15) is 0 Å². The van der Waals surface area contributed by atoms with E-state index in [-0.39, 0.29) is 0 Å². The molecule has 1 N–H and O–H groups in total. The van der Waals surface area contributed by atoms with Gasteiger partial charge in [-0.3, -0.25) is 4.68 Å². The van der Waals surface area contributed by atoms with E-state index in [0.717, 1.165) is 17.4 Å². The zero-order valence-electron chi connectivity index (χ0n) is 10.7. The Kier molecular flexibility index (Phi) is 4.55. The van der Waals surface area contributed by atoms with Gasteiger partial charge in [-0.25, -0.2) is 0 Å². The van der Waals surface area contributed by atoms with E-state index in [1.54, 1.807) is 0 Å². The van der Waals surface area contributed by atoms with Crippen LogP contribution < -0.4 is 5.32 Å². The Bertz CT molecular complexity index is 490. The van der Waals surface area contributed by atoms with Gasteiger partial charge < -0.3 is 5.32 Å². The molecule has 4 heteroatoms. The lowest BCUT2D eigenvalue weighted by Crippen LogP contribution is -2.21. The minimum Gasteiger partial charge on any atom is -0.310 e. The molecule has 0 saturated heterocycles. The minimum absolute atomic E-state index is 0.370. The monoisotopic (exact) mass is 307 g/mol. The number of nitrogens with one attached hydrogen (secondary N) is 1. The van der Waals surface area contributed by atoms with E-state index in [2.05, 4.69) is 63.7 Å². The summed E-state index contributed by atoms with van der Waals surface area (Å²) in [5, 5.41) is 7.69. The van der Waals surface area contributed by atoms with Gasteiger partial charge in [0.05, 0.1) is 6.20 Å². The van der Waals surface area contributed by atoms with Crippen LogP contribution in [0.1, 0.15) is 24.1 Å². The highest BCUT2D eigenvalue weighted by atomic mass is 79.9. The van der Waals surface area contributed by atoms with Crippen LogP contribution in [0.15, 0.2) is 41.1 Å². The Morgan fingerprint density at radius 1 is 1.33 bits per heavy atom. The summed E-state index contributed by atoms with van der Waals surface area (Å²) in [6.45, 7) is 3.15. The zero-order chi connectivity index (χ0) is 13.0. The van der Waals surface area contributed by atoms with Crippen LogP contribution in [0.5, 0.6) is 0 Å². The molecule has 0 radical (unpaired) electrons. The second-order valence-corrected chi connectivity index (χ2v) is 5.42. The van der Waals surface area contributed by atoms with E-state index >= 15 is 0 Å². The predicted octanol–water partition coefficient (Wildman–Crippen LogP) is 3.08. The van der Waals surface area contributed by atoms with Gasteiger partial charge in [0.25, 0.3) is 0 Å². The highest BCUT2D eigenvalue weighted by Gasteiger charge is 2.04. The van der Waals surface area contributed by atoms with Crippen molar-refractivity contribution in [2.45, 2.75) is 19.4 Å². The first-order valence-electron chi connectivity index (χ1n) is 6.11. The highest BCUT2D eigenvalue weighted by Crippen LogP contribution is 2.16. The molecule has 0 unspecified atom stereocenters. The Morgan fingerprint density at radius 2 is 2.06 bits per heavy atom. The molecule has 0 bridgehead atoms. The van der Waals surface area contributed by atoms with E-state index in [1.165, 1.54) is 11.1 Å². The Balaban J connectivity index is 1.81. The van der Waals surface area contributed by atoms with Gasteiger partial charge in [0.15, 0.2) is 0 Å². The molecule has 0 saturated carbocycles. The molecule has 2 rings (SSSR count). The van der Waals surface area contributed by atoms with Crippen LogP contribution >= 0.6 is 15.9 Å². The normalized spacial score (nSPS) is 12.6. The van der Waals surface area contributed by atoms with Crippen LogP contribution in [0.3, 0.4) is 0 Å². The molecule has 0 spiro atoms. The van der Waals surface area contributed by atoms with Crippen molar-refractivity contribution in [3.8, 4) is 0 Å². The average Bonchev–Trinajstić information content (AvgIpc) is 2.76. The summed E-state index contributed by atoms with van der Waals surface area (Å²) in [6, 6.07) is 8.82. The molecule has 0 aliphatic heterocycles.